The highest BCUT2D eigenvalue weighted by atomic mass is 127. The Bertz CT molecular complexity index is 603. The fourth-order valence-corrected chi connectivity index (χ4v) is 2.90. The van der Waals surface area contributed by atoms with Crippen molar-refractivity contribution in [2.24, 2.45) is 4.99 Å². The van der Waals surface area contributed by atoms with E-state index in [9.17, 15) is 4.39 Å². The molecule has 2 rings (SSSR count). The number of hydrogen-bond donors (Lipinski definition) is 2. The maximum atomic E-state index is 13.4. The Morgan fingerprint density at radius 1 is 1.21 bits per heavy atom. The van der Waals surface area contributed by atoms with Crippen LogP contribution in [0.15, 0.2) is 29.3 Å². The van der Waals surface area contributed by atoms with E-state index in [1.54, 1.807) is 7.05 Å². The summed E-state index contributed by atoms with van der Waals surface area (Å²) in [5.41, 5.74) is 1.10. The van der Waals surface area contributed by atoms with Crippen LogP contribution < -0.4 is 10.6 Å². The Morgan fingerprint density at radius 2 is 1.82 bits per heavy atom. The summed E-state index contributed by atoms with van der Waals surface area (Å²) in [5.74, 6) is 0.557. The number of morpholine rings is 1. The third kappa shape index (κ3) is 7.46. The monoisotopic (exact) mass is 507 g/mol. The van der Waals surface area contributed by atoms with Crippen LogP contribution in [-0.4, -0.2) is 81.8 Å². The fourth-order valence-electron chi connectivity index (χ4n) is 2.90. The van der Waals surface area contributed by atoms with Gasteiger partial charge in [0.25, 0.3) is 0 Å². The second-order valence-corrected chi connectivity index (χ2v) is 7.73. The molecule has 1 aliphatic rings. The fraction of sp³-hybridized carbons (Fsp3) is 0.650. The molecule has 0 aromatic heterocycles. The summed E-state index contributed by atoms with van der Waals surface area (Å²) in [7, 11) is 5.92. The molecular formula is C20H35FIN5O. The number of halogens is 2. The third-order valence-corrected chi connectivity index (χ3v) is 5.33. The topological polar surface area (TPSA) is 52.1 Å². The lowest BCUT2D eigenvalue weighted by molar-refractivity contribution is 0.0169. The molecule has 1 unspecified atom stereocenters. The molecule has 0 saturated carbocycles. The molecule has 1 aliphatic heterocycles. The van der Waals surface area contributed by atoms with E-state index in [0.29, 0.717) is 6.54 Å². The molecule has 0 amide bonds. The molecule has 0 bridgehead atoms. The molecule has 1 heterocycles. The first-order valence-electron chi connectivity index (χ1n) is 9.52. The summed E-state index contributed by atoms with van der Waals surface area (Å²) in [4.78, 5) is 8.91. The van der Waals surface area contributed by atoms with Gasteiger partial charge in [-0.2, -0.15) is 0 Å². The zero-order valence-corrected chi connectivity index (χ0v) is 20.0. The number of rotatable bonds is 7. The Kier molecular flexibility index (Phi) is 10.6. The van der Waals surface area contributed by atoms with Crippen molar-refractivity contribution in [2.75, 3.05) is 60.5 Å². The highest BCUT2D eigenvalue weighted by molar-refractivity contribution is 14.0. The van der Waals surface area contributed by atoms with Crippen LogP contribution in [0.4, 0.5) is 4.39 Å². The van der Waals surface area contributed by atoms with Gasteiger partial charge in [0.1, 0.15) is 5.82 Å². The van der Waals surface area contributed by atoms with E-state index < -0.39 is 0 Å². The summed E-state index contributed by atoms with van der Waals surface area (Å²) in [6.45, 7) is 9.01. The molecule has 0 radical (unpaired) electrons. The SMILES string of the molecule is CN=C(NCC(c1ccc(F)cc1)N1CCOCC1)NCC(C)(C)N(C)C.I. The minimum Gasteiger partial charge on any atom is -0.379 e. The first kappa shape index (κ1) is 25.1. The molecule has 28 heavy (non-hydrogen) atoms. The number of ether oxygens (including phenoxy) is 1. The minimum atomic E-state index is -0.212. The third-order valence-electron chi connectivity index (χ3n) is 5.33. The number of nitrogens with zero attached hydrogens (tertiary/aromatic N) is 3. The highest BCUT2D eigenvalue weighted by Crippen LogP contribution is 2.21. The van der Waals surface area contributed by atoms with Crippen molar-refractivity contribution >= 4 is 29.9 Å². The van der Waals surface area contributed by atoms with Crippen molar-refractivity contribution in [2.45, 2.75) is 25.4 Å². The highest BCUT2D eigenvalue weighted by Gasteiger charge is 2.24. The summed E-state index contributed by atoms with van der Waals surface area (Å²) < 4.78 is 18.8. The van der Waals surface area contributed by atoms with Crippen LogP contribution in [-0.2, 0) is 4.74 Å². The molecule has 1 aromatic rings. The second kappa shape index (κ2) is 11.9. The van der Waals surface area contributed by atoms with E-state index in [2.05, 4.69) is 53.4 Å². The predicted octanol–water partition coefficient (Wildman–Crippen LogP) is 2.32. The van der Waals surface area contributed by atoms with Crippen LogP contribution in [0.1, 0.15) is 25.5 Å². The molecule has 0 aliphatic carbocycles. The Hall–Kier alpha value is -0.970. The van der Waals surface area contributed by atoms with Gasteiger partial charge in [-0.25, -0.2) is 4.39 Å². The molecule has 1 atom stereocenters. The van der Waals surface area contributed by atoms with E-state index in [1.165, 1.54) is 12.1 Å². The number of nitrogens with one attached hydrogen (secondary N) is 2. The van der Waals surface area contributed by atoms with Crippen LogP contribution in [0, 0.1) is 5.82 Å². The van der Waals surface area contributed by atoms with E-state index in [-0.39, 0.29) is 41.4 Å². The van der Waals surface area contributed by atoms with E-state index in [0.717, 1.165) is 44.4 Å². The summed E-state index contributed by atoms with van der Waals surface area (Å²) in [5, 5.41) is 6.84. The molecule has 8 heteroatoms. The quantitative estimate of drug-likeness (QED) is 0.337. The maximum Gasteiger partial charge on any atom is 0.191 e. The van der Waals surface area contributed by atoms with Crippen molar-refractivity contribution in [3.05, 3.63) is 35.6 Å². The van der Waals surface area contributed by atoms with Crippen LogP contribution in [0.5, 0.6) is 0 Å². The average Bonchev–Trinajstić information content (AvgIpc) is 2.66. The first-order chi connectivity index (χ1) is 12.8. The van der Waals surface area contributed by atoms with Gasteiger partial charge in [-0.1, -0.05) is 12.1 Å². The minimum absolute atomic E-state index is 0. The molecule has 160 valence electrons. The van der Waals surface area contributed by atoms with Crippen LogP contribution in [0.2, 0.25) is 0 Å². The van der Waals surface area contributed by atoms with Crippen molar-refractivity contribution in [1.82, 2.24) is 20.4 Å². The molecular weight excluding hydrogens is 472 g/mol. The summed E-state index contributed by atoms with van der Waals surface area (Å²) in [6, 6.07) is 6.91. The van der Waals surface area contributed by atoms with Gasteiger partial charge >= 0.3 is 0 Å². The maximum absolute atomic E-state index is 13.4. The first-order valence-corrected chi connectivity index (χ1v) is 9.52. The van der Waals surface area contributed by atoms with Crippen molar-refractivity contribution < 1.29 is 9.13 Å². The Morgan fingerprint density at radius 3 is 2.36 bits per heavy atom. The van der Waals surface area contributed by atoms with Crippen molar-refractivity contribution in [3.8, 4) is 0 Å². The van der Waals surface area contributed by atoms with Gasteiger partial charge in [0.05, 0.1) is 19.3 Å². The Labute approximate surface area is 185 Å². The number of likely N-dealkylation sites (N-methyl/N-ethyl adjacent to an activating group) is 1. The van der Waals surface area contributed by atoms with E-state index in [1.807, 2.05) is 12.1 Å². The van der Waals surface area contributed by atoms with Gasteiger partial charge in [-0.3, -0.25) is 9.89 Å². The zero-order valence-electron chi connectivity index (χ0n) is 17.7. The van der Waals surface area contributed by atoms with E-state index in [4.69, 9.17) is 4.74 Å². The van der Waals surface area contributed by atoms with Gasteiger partial charge in [0.15, 0.2) is 5.96 Å². The Balaban J connectivity index is 0.00000392. The summed E-state index contributed by atoms with van der Waals surface area (Å²) in [6.07, 6.45) is 0. The van der Waals surface area contributed by atoms with Crippen LogP contribution in [0.3, 0.4) is 0 Å². The van der Waals surface area contributed by atoms with E-state index >= 15 is 0 Å². The molecule has 1 fully saturated rings. The van der Waals surface area contributed by atoms with Gasteiger partial charge in [0.2, 0.25) is 0 Å². The molecule has 0 spiro atoms. The predicted molar refractivity (Wildman–Crippen MR) is 124 cm³/mol. The zero-order chi connectivity index (χ0) is 19.9. The normalized spacial score (nSPS) is 17.2. The number of aliphatic imine (C=N–C) groups is 1. The van der Waals surface area contributed by atoms with Gasteiger partial charge in [-0.05, 0) is 45.6 Å². The van der Waals surface area contributed by atoms with Gasteiger partial charge in [0, 0.05) is 38.8 Å². The van der Waals surface area contributed by atoms with Gasteiger partial charge in [-0.15, -0.1) is 24.0 Å². The number of guanidine groups is 1. The number of benzene rings is 1. The molecule has 6 nitrogen and oxygen atoms in total. The second-order valence-electron chi connectivity index (χ2n) is 7.73. The van der Waals surface area contributed by atoms with Crippen molar-refractivity contribution in [1.29, 1.82) is 0 Å². The standard InChI is InChI=1S/C20H34FN5O.HI/c1-20(2,25(4)5)15-24-19(22-3)23-14-18(26-10-12-27-13-11-26)16-6-8-17(21)9-7-16;/h6-9,18H,10-15H2,1-5H3,(H2,22,23,24);1H. The molecule has 1 saturated heterocycles. The van der Waals surface area contributed by atoms with Crippen molar-refractivity contribution in [3.63, 3.8) is 0 Å². The van der Waals surface area contributed by atoms with Crippen LogP contribution in [0.25, 0.3) is 0 Å². The summed E-state index contributed by atoms with van der Waals surface area (Å²) >= 11 is 0. The number of hydrogen-bond acceptors (Lipinski definition) is 4. The largest absolute Gasteiger partial charge is 0.379 e. The molecule has 2 N–H and O–H groups in total. The van der Waals surface area contributed by atoms with Crippen LogP contribution >= 0.6 is 24.0 Å². The average molecular weight is 507 g/mol. The lowest BCUT2D eigenvalue weighted by Crippen LogP contribution is -2.52. The molecule has 1 aromatic carbocycles. The lowest BCUT2D eigenvalue weighted by Gasteiger charge is -2.36. The van der Waals surface area contributed by atoms with Gasteiger partial charge < -0.3 is 20.3 Å². The smallest absolute Gasteiger partial charge is 0.191 e. The lowest BCUT2D eigenvalue weighted by atomic mass is 10.0.